The molecule has 0 bridgehead atoms. The maximum absolute atomic E-state index is 11.4. The van der Waals surface area contributed by atoms with Crippen LogP contribution in [0.1, 0.15) is 31.7 Å². The Kier molecular flexibility index (Phi) is 4.92. The van der Waals surface area contributed by atoms with E-state index in [1.54, 1.807) is 18.2 Å². The van der Waals surface area contributed by atoms with E-state index in [4.69, 9.17) is 5.84 Å². The van der Waals surface area contributed by atoms with Gasteiger partial charge in [0.2, 0.25) is 0 Å². The molecule has 0 saturated carbocycles. The zero-order chi connectivity index (χ0) is 12.0. The molecule has 0 unspecified atom stereocenters. The summed E-state index contributed by atoms with van der Waals surface area (Å²) in [6, 6.07) is 6.89. The third-order valence-corrected chi connectivity index (χ3v) is 3.62. The van der Waals surface area contributed by atoms with Crippen molar-refractivity contribution in [3.63, 3.8) is 0 Å². The number of rotatable bonds is 6. The molecule has 0 amide bonds. The van der Waals surface area contributed by atoms with Crippen molar-refractivity contribution in [1.82, 2.24) is 4.83 Å². The number of benzene rings is 1. The third kappa shape index (κ3) is 3.59. The summed E-state index contributed by atoms with van der Waals surface area (Å²) in [5.41, 5.74) is 1.03. The first kappa shape index (κ1) is 13.2. The van der Waals surface area contributed by atoms with Gasteiger partial charge in [-0.25, -0.2) is 8.42 Å². The molecule has 5 heteroatoms. The minimum Gasteiger partial charge on any atom is -0.257 e. The topological polar surface area (TPSA) is 72.2 Å². The van der Waals surface area contributed by atoms with Crippen molar-refractivity contribution in [3.05, 3.63) is 29.8 Å². The summed E-state index contributed by atoms with van der Waals surface area (Å²) in [6.45, 7) is 2.14. The van der Waals surface area contributed by atoms with E-state index in [1.165, 1.54) is 0 Å². The number of sulfonamides is 1. The Balaban J connectivity index is 2.79. The minimum absolute atomic E-state index is 0.226. The normalized spacial score (nSPS) is 11.6. The van der Waals surface area contributed by atoms with Crippen LogP contribution in [0.5, 0.6) is 0 Å². The highest BCUT2D eigenvalue weighted by molar-refractivity contribution is 7.89. The lowest BCUT2D eigenvalue weighted by Crippen LogP contribution is -2.30. The predicted octanol–water partition coefficient (Wildman–Crippen LogP) is 1.57. The zero-order valence-electron chi connectivity index (χ0n) is 9.44. The Morgan fingerprint density at radius 1 is 1.31 bits per heavy atom. The molecule has 0 saturated heterocycles. The molecule has 1 rings (SSSR count). The lowest BCUT2D eigenvalue weighted by molar-refractivity contribution is 0.584. The predicted molar refractivity (Wildman–Crippen MR) is 64.2 cm³/mol. The maximum atomic E-state index is 11.4. The fourth-order valence-electron chi connectivity index (χ4n) is 1.52. The summed E-state index contributed by atoms with van der Waals surface area (Å²) >= 11 is 0. The van der Waals surface area contributed by atoms with Crippen molar-refractivity contribution < 1.29 is 8.42 Å². The van der Waals surface area contributed by atoms with Crippen molar-refractivity contribution in [2.45, 2.75) is 37.5 Å². The Morgan fingerprint density at radius 3 is 2.69 bits per heavy atom. The molecule has 0 aromatic heterocycles. The number of hydrogen-bond donors (Lipinski definition) is 2. The van der Waals surface area contributed by atoms with Crippen LogP contribution >= 0.6 is 0 Å². The van der Waals surface area contributed by atoms with Gasteiger partial charge in [0.25, 0.3) is 10.0 Å². The SMILES string of the molecule is CCCCCc1cccc(S(=O)(=O)NN)c1. The van der Waals surface area contributed by atoms with Crippen LogP contribution in [-0.4, -0.2) is 8.42 Å². The standard InChI is InChI=1S/C11H18N2O2S/c1-2-3-4-6-10-7-5-8-11(9-10)16(14,15)13-12/h5,7-9,13H,2-4,6,12H2,1H3. The van der Waals surface area contributed by atoms with E-state index in [0.29, 0.717) is 0 Å². The second-order valence-corrected chi connectivity index (χ2v) is 5.44. The van der Waals surface area contributed by atoms with Gasteiger partial charge in [-0.1, -0.05) is 31.9 Å². The number of hydrogen-bond acceptors (Lipinski definition) is 3. The number of nitrogens with one attached hydrogen (secondary N) is 1. The number of unbranched alkanes of at least 4 members (excludes halogenated alkanes) is 2. The molecular weight excluding hydrogens is 224 g/mol. The Morgan fingerprint density at radius 2 is 2.06 bits per heavy atom. The molecule has 0 spiro atoms. The Hall–Kier alpha value is -0.910. The minimum atomic E-state index is -3.52. The van der Waals surface area contributed by atoms with E-state index < -0.39 is 10.0 Å². The number of hydrazine groups is 1. The lowest BCUT2D eigenvalue weighted by atomic mass is 10.1. The van der Waals surface area contributed by atoms with E-state index in [9.17, 15) is 8.42 Å². The second kappa shape index (κ2) is 5.98. The second-order valence-electron chi connectivity index (χ2n) is 3.73. The van der Waals surface area contributed by atoms with E-state index >= 15 is 0 Å². The summed E-state index contributed by atoms with van der Waals surface area (Å²) in [4.78, 5) is 2.05. The van der Waals surface area contributed by atoms with Gasteiger partial charge in [0, 0.05) is 0 Å². The largest absolute Gasteiger partial charge is 0.257 e. The van der Waals surface area contributed by atoms with Gasteiger partial charge in [0.1, 0.15) is 0 Å². The Labute approximate surface area is 96.9 Å². The van der Waals surface area contributed by atoms with E-state index in [2.05, 4.69) is 6.92 Å². The van der Waals surface area contributed by atoms with Crippen LogP contribution < -0.4 is 10.7 Å². The summed E-state index contributed by atoms with van der Waals surface area (Å²) in [7, 11) is -3.52. The average Bonchev–Trinajstić information content (AvgIpc) is 2.30. The highest BCUT2D eigenvalue weighted by Gasteiger charge is 2.11. The van der Waals surface area contributed by atoms with Crippen molar-refractivity contribution in [2.75, 3.05) is 0 Å². The average molecular weight is 242 g/mol. The molecule has 90 valence electrons. The number of aryl methyl sites for hydroxylation is 1. The summed E-state index contributed by atoms with van der Waals surface area (Å²) in [5, 5.41) is 0. The quantitative estimate of drug-likeness (QED) is 0.452. The van der Waals surface area contributed by atoms with Crippen LogP contribution in [0, 0.1) is 0 Å². The highest BCUT2D eigenvalue weighted by Crippen LogP contribution is 2.13. The molecule has 16 heavy (non-hydrogen) atoms. The fourth-order valence-corrected chi connectivity index (χ4v) is 2.22. The van der Waals surface area contributed by atoms with E-state index in [0.717, 1.165) is 31.2 Å². The summed E-state index contributed by atoms with van der Waals surface area (Å²) in [6.07, 6.45) is 4.30. The van der Waals surface area contributed by atoms with Crippen LogP contribution in [0.15, 0.2) is 29.2 Å². The molecular formula is C11H18N2O2S. The molecule has 1 aromatic rings. The van der Waals surface area contributed by atoms with Gasteiger partial charge in [0.15, 0.2) is 0 Å². The van der Waals surface area contributed by atoms with Gasteiger partial charge in [-0.3, -0.25) is 5.84 Å². The van der Waals surface area contributed by atoms with Crippen molar-refractivity contribution in [2.24, 2.45) is 5.84 Å². The Bertz CT molecular complexity index is 429. The molecule has 0 radical (unpaired) electrons. The molecule has 0 aliphatic carbocycles. The van der Waals surface area contributed by atoms with Gasteiger partial charge >= 0.3 is 0 Å². The monoisotopic (exact) mass is 242 g/mol. The van der Waals surface area contributed by atoms with Crippen LogP contribution in [0.3, 0.4) is 0 Å². The van der Waals surface area contributed by atoms with Crippen LogP contribution in [0.2, 0.25) is 0 Å². The van der Waals surface area contributed by atoms with Crippen LogP contribution in [-0.2, 0) is 16.4 Å². The maximum Gasteiger partial charge on any atom is 0.253 e. The molecule has 0 aliphatic heterocycles. The third-order valence-electron chi connectivity index (χ3n) is 2.43. The summed E-state index contributed by atoms with van der Waals surface area (Å²) < 4.78 is 22.9. The molecule has 1 aromatic carbocycles. The smallest absolute Gasteiger partial charge is 0.253 e. The first-order chi connectivity index (χ1) is 7.60. The lowest BCUT2D eigenvalue weighted by Gasteiger charge is -2.05. The van der Waals surface area contributed by atoms with E-state index in [-0.39, 0.29) is 4.90 Å². The number of nitrogens with two attached hydrogens (primary N) is 1. The highest BCUT2D eigenvalue weighted by atomic mass is 32.2. The summed E-state index contributed by atoms with van der Waals surface area (Å²) in [5.74, 6) is 4.97. The molecule has 3 N–H and O–H groups in total. The van der Waals surface area contributed by atoms with Gasteiger partial charge < -0.3 is 0 Å². The molecule has 0 atom stereocenters. The van der Waals surface area contributed by atoms with Crippen molar-refractivity contribution in [3.8, 4) is 0 Å². The van der Waals surface area contributed by atoms with Crippen molar-refractivity contribution >= 4 is 10.0 Å². The first-order valence-corrected chi connectivity index (χ1v) is 6.90. The van der Waals surface area contributed by atoms with Gasteiger partial charge in [-0.15, -0.1) is 0 Å². The van der Waals surface area contributed by atoms with Gasteiger partial charge in [-0.2, -0.15) is 4.83 Å². The molecule has 0 fully saturated rings. The molecule has 4 nitrogen and oxygen atoms in total. The first-order valence-electron chi connectivity index (χ1n) is 5.41. The van der Waals surface area contributed by atoms with Crippen LogP contribution in [0.4, 0.5) is 0 Å². The molecule has 0 aliphatic rings. The van der Waals surface area contributed by atoms with Gasteiger partial charge in [-0.05, 0) is 30.5 Å². The molecule has 0 heterocycles. The van der Waals surface area contributed by atoms with Crippen molar-refractivity contribution in [1.29, 1.82) is 0 Å². The zero-order valence-corrected chi connectivity index (χ0v) is 10.3. The van der Waals surface area contributed by atoms with E-state index in [1.807, 2.05) is 10.9 Å². The fraction of sp³-hybridized carbons (Fsp3) is 0.455. The van der Waals surface area contributed by atoms with Crippen LogP contribution in [0.25, 0.3) is 0 Å². The van der Waals surface area contributed by atoms with Gasteiger partial charge in [0.05, 0.1) is 4.90 Å².